The Bertz CT molecular complexity index is 198. The summed E-state index contributed by atoms with van der Waals surface area (Å²) in [6, 6.07) is 0. The Morgan fingerprint density at radius 2 is 1.93 bits per heavy atom. The zero-order valence-electron chi connectivity index (χ0n) is 8.95. The molecule has 0 aromatic carbocycles. The molecular formula is C8H20ClN5. The summed E-state index contributed by atoms with van der Waals surface area (Å²) in [5.41, 5.74) is 10.4. The number of nitrogens with zero attached hydrogens (tertiary/aromatic N) is 2. The van der Waals surface area contributed by atoms with Crippen LogP contribution in [0.4, 0.5) is 0 Å². The van der Waals surface area contributed by atoms with Crippen molar-refractivity contribution in [2.45, 2.75) is 20.8 Å². The monoisotopic (exact) mass is 221 g/mol. The maximum absolute atomic E-state index is 7.55. The van der Waals surface area contributed by atoms with E-state index in [0.717, 1.165) is 13.1 Å². The topological polar surface area (TPSA) is 91.5 Å². The molecule has 0 rings (SSSR count). The molecule has 0 radical (unpaired) electrons. The summed E-state index contributed by atoms with van der Waals surface area (Å²) < 4.78 is 0. The first-order chi connectivity index (χ1) is 5.97. The van der Waals surface area contributed by atoms with Gasteiger partial charge in [-0.2, -0.15) is 4.99 Å². The Labute approximate surface area is 91.5 Å². The lowest BCUT2D eigenvalue weighted by Crippen LogP contribution is -2.35. The smallest absolute Gasteiger partial charge is 0.221 e. The number of aliphatic imine (C=N–C) groups is 1. The molecule has 0 aromatic rings. The lowest BCUT2D eigenvalue weighted by Gasteiger charge is -2.22. The van der Waals surface area contributed by atoms with Crippen molar-refractivity contribution in [1.29, 1.82) is 5.41 Å². The van der Waals surface area contributed by atoms with Crippen molar-refractivity contribution in [2.24, 2.45) is 22.4 Å². The molecule has 0 aliphatic carbocycles. The highest BCUT2D eigenvalue weighted by atomic mass is 35.5. The van der Waals surface area contributed by atoms with Crippen molar-refractivity contribution in [2.75, 3.05) is 13.1 Å². The van der Waals surface area contributed by atoms with Crippen LogP contribution in [0, 0.1) is 11.3 Å². The summed E-state index contributed by atoms with van der Waals surface area (Å²) in [6.45, 7) is 7.69. The van der Waals surface area contributed by atoms with Gasteiger partial charge < -0.3 is 16.4 Å². The van der Waals surface area contributed by atoms with Gasteiger partial charge in [0.15, 0.2) is 5.96 Å². The quantitative estimate of drug-likeness (QED) is 0.481. The highest BCUT2D eigenvalue weighted by molar-refractivity contribution is 5.91. The highest BCUT2D eigenvalue weighted by Gasteiger charge is 2.08. The molecule has 6 heteroatoms. The van der Waals surface area contributed by atoms with Gasteiger partial charge in [0, 0.05) is 13.1 Å². The van der Waals surface area contributed by atoms with Gasteiger partial charge in [0.1, 0.15) is 0 Å². The summed E-state index contributed by atoms with van der Waals surface area (Å²) >= 11 is 0. The first-order valence-corrected chi connectivity index (χ1v) is 4.40. The van der Waals surface area contributed by atoms with Crippen LogP contribution in [0.15, 0.2) is 4.99 Å². The van der Waals surface area contributed by atoms with Crippen molar-refractivity contribution >= 4 is 24.3 Å². The molecule has 0 spiro atoms. The third kappa shape index (κ3) is 6.54. The molecule has 0 saturated heterocycles. The molecule has 0 heterocycles. The van der Waals surface area contributed by atoms with Crippen molar-refractivity contribution in [3.8, 4) is 0 Å². The zero-order chi connectivity index (χ0) is 10.4. The second kappa shape index (κ2) is 7.44. The Morgan fingerprint density at radius 1 is 1.43 bits per heavy atom. The maximum atomic E-state index is 7.55. The lowest BCUT2D eigenvalue weighted by atomic mass is 10.2. The van der Waals surface area contributed by atoms with E-state index in [9.17, 15) is 0 Å². The van der Waals surface area contributed by atoms with Gasteiger partial charge in [-0.05, 0) is 12.8 Å². The third-order valence-electron chi connectivity index (χ3n) is 1.50. The van der Waals surface area contributed by atoms with Crippen molar-refractivity contribution in [3.63, 3.8) is 0 Å². The lowest BCUT2D eigenvalue weighted by molar-refractivity contribution is 0.376. The van der Waals surface area contributed by atoms with Crippen LogP contribution in [0.25, 0.3) is 0 Å². The minimum atomic E-state index is -0.0628. The Morgan fingerprint density at radius 3 is 2.21 bits per heavy atom. The van der Waals surface area contributed by atoms with E-state index in [2.05, 4.69) is 18.8 Å². The number of rotatable bonds is 3. The summed E-state index contributed by atoms with van der Waals surface area (Å²) in [6.07, 6.45) is 0. The van der Waals surface area contributed by atoms with E-state index in [4.69, 9.17) is 16.9 Å². The minimum Gasteiger partial charge on any atom is -0.370 e. The average molecular weight is 222 g/mol. The van der Waals surface area contributed by atoms with E-state index >= 15 is 0 Å². The second-order valence-electron chi connectivity index (χ2n) is 3.29. The van der Waals surface area contributed by atoms with Gasteiger partial charge in [-0.25, -0.2) is 0 Å². The van der Waals surface area contributed by atoms with Gasteiger partial charge in [-0.1, -0.05) is 13.8 Å². The molecule has 0 bridgehead atoms. The molecule has 0 amide bonds. The standard InChI is InChI=1S/C8H19N5.ClH/c1-4-13(5-6(2)3)8(11)12-7(9)10;/h6H,4-5H2,1-3H3,(H5,9,10,11,12);1H. The summed E-state index contributed by atoms with van der Waals surface area (Å²) in [7, 11) is 0. The third-order valence-corrected chi connectivity index (χ3v) is 1.50. The Hall–Kier alpha value is -0.970. The molecule has 84 valence electrons. The summed E-state index contributed by atoms with van der Waals surface area (Å²) in [5, 5.41) is 7.55. The predicted molar refractivity (Wildman–Crippen MR) is 62.9 cm³/mol. The fourth-order valence-electron chi connectivity index (χ4n) is 0.999. The van der Waals surface area contributed by atoms with E-state index < -0.39 is 0 Å². The molecule has 0 fully saturated rings. The Balaban J connectivity index is 0. The molecule has 0 aromatic heterocycles. The van der Waals surface area contributed by atoms with E-state index in [1.165, 1.54) is 0 Å². The zero-order valence-corrected chi connectivity index (χ0v) is 9.77. The molecular weight excluding hydrogens is 202 g/mol. The number of hydrogen-bond acceptors (Lipinski definition) is 1. The van der Waals surface area contributed by atoms with Crippen LogP contribution in [0.3, 0.4) is 0 Å². The predicted octanol–water partition coefficient (Wildman–Crippen LogP) is 0.594. The summed E-state index contributed by atoms with van der Waals surface area (Å²) in [4.78, 5) is 5.51. The first-order valence-electron chi connectivity index (χ1n) is 4.40. The summed E-state index contributed by atoms with van der Waals surface area (Å²) in [5.74, 6) is 0.568. The number of guanidine groups is 2. The minimum absolute atomic E-state index is 0. The molecule has 0 unspecified atom stereocenters. The molecule has 0 aliphatic rings. The molecule has 0 saturated carbocycles. The molecule has 0 atom stereocenters. The van der Waals surface area contributed by atoms with Gasteiger partial charge in [-0.15, -0.1) is 12.4 Å². The van der Waals surface area contributed by atoms with Crippen LogP contribution in [-0.4, -0.2) is 29.9 Å². The fourth-order valence-corrected chi connectivity index (χ4v) is 0.999. The SMILES string of the molecule is CCN(CC(C)C)C(=N)N=C(N)N.Cl. The Kier molecular flexibility index (Phi) is 8.23. The van der Waals surface area contributed by atoms with E-state index in [0.29, 0.717) is 5.92 Å². The number of nitrogens with two attached hydrogens (primary N) is 2. The first kappa shape index (κ1) is 15.5. The number of halogens is 1. The van der Waals surface area contributed by atoms with E-state index in [-0.39, 0.29) is 24.3 Å². The van der Waals surface area contributed by atoms with E-state index in [1.54, 1.807) is 0 Å². The van der Waals surface area contributed by atoms with E-state index in [1.807, 2.05) is 11.8 Å². The van der Waals surface area contributed by atoms with Crippen molar-refractivity contribution in [1.82, 2.24) is 4.90 Å². The molecule has 5 N–H and O–H groups in total. The molecule has 14 heavy (non-hydrogen) atoms. The molecule has 5 nitrogen and oxygen atoms in total. The maximum Gasteiger partial charge on any atom is 0.221 e. The largest absolute Gasteiger partial charge is 0.370 e. The van der Waals surface area contributed by atoms with Gasteiger partial charge in [0.25, 0.3) is 0 Å². The van der Waals surface area contributed by atoms with Crippen LogP contribution >= 0.6 is 12.4 Å². The normalized spacial score (nSPS) is 9.14. The highest BCUT2D eigenvalue weighted by Crippen LogP contribution is 1.99. The van der Waals surface area contributed by atoms with Gasteiger partial charge in [0.05, 0.1) is 0 Å². The van der Waals surface area contributed by atoms with Gasteiger partial charge >= 0.3 is 0 Å². The van der Waals surface area contributed by atoms with Gasteiger partial charge in [0.2, 0.25) is 5.96 Å². The van der Waals surface area contributed by atoms with Crippen LogP contribution in [-0.2, 0) is 0 Å². The molecule has 0 aliphatic heterocycles. The number of hydrogen-bond donors (Lipinski definition) is 3. The van der Waals surface area contributed by atoms with Crippen LogP contribution in [0.2, 0.25) is 0 Å². The fraction of sp³-hybridized carbons (Fsp3) is 0.750. The van der Waals surface area contributed by atoms with Crippen molar-refractivity contribution < 1.29 is 0 Å². The second-order valence-corrected chi connectivity index (χ2v) is 3.29. The number of nitrogens with one attached hydrogen (secondary N) is 1. The van der Waals surface area contributed by atoms with Crippen LogP contribution in [0.5, 0.6) is 0 Å². The van der Waals surface area contributed by atoms with Crippen molar-refractivity contribution in [3.05, 3.63) is 0 Å². The van der Waals surface area contributed by atoms with Gasteiger partial charge in [-0.3, -0.25) is 5.41 Å². The average Bonchev–Trinajstić information content (AvgIpc) is 1.98. The van der Waals surface area contributed by atoms with Crippen LogP contribution in [0.1, 0.15) is 20.8 Å². The van der Waals surface area contributed by atoms with Crippen LogP contribution < -0.4 is 11.5 Å².